The minimum atomic E-state index is 0.516. The topological polar surface area (TPSA) is 15.3 Å². The first-order valence-corrected chi connectivity index (χ1v) is 8.52. The van der Waals surface area contributed by atoms with Crippen LogP contribution >= 0.6 is 27.5 Å². The van der Waals surface area contributed by atoms with Crippen molar-refractivity contribution in [2.45, 2.75) is 39.8 Å². The fraction of sp³-hybridized carbons (Fsp3) is 0.625. The lowest BCUT2D eigenvalue weighted by molar-refractivity contribution is 0.295. The standard InChI is InChI=1S/C16H24BrClN2/c1-10(2)14-9-20(16(8-19-14)11(3)4)15-6-5-12(18)7-13(15)17/h5-7,10-11,14,16,19H,8-9H2,1-4H3. The van der Waals surface area contributed by atoms with E-state index in [1.807, 2.05) is 12.1 Å². The minimum absolute atomic E-state index is 0.516. The van der Waals surface area contributed by atoms with Crippen LogP contribution in [0.15, 0.2) is 22.7 Å². The Bertz CT molecular complexity index is 462. The number of nitrogens with one attached hydrogen (secondary N) is 1. The summed E-state index contributed by atoms with van der Waals surface area (Å²) in [6.07, 6.45) is 0. The maximum Gasteiger partial charge on any atom is 0.0515 e. The molecule has 0 spiro atoms. The van der Waals surface area contributed by atoms with Gasteiger partial charge in [0.15, 0.2) is 0 Å². The summed E-state index contributed by atoms with van der Waals surface area (Å²) < 4.78 is 1.08. The second kappa shape index (κ2) is 6.67. The van der Waals surface area contributed by atoms with Crippen molar-refractivity contribution >= 4 is 33.2 Å². The summed E-state index contributed by atoms with van der Waals surface area (Å²) in [5, 5.41) is 4.47. The van der Waals surface area contributed by atoms with Gasteiger partial charge in [-0.2, -0.15) is 0 Å². The highest BCUT2D eigenvalue weighted by atomic mass is 79.9. The maximum atomic E-state index is 6.07. The molecule has 2 rings (SSSR count). The quantitative estimate of drug-likeness (QED) is 0.851. The van der Waals surface area contributed by atoms with E-state index in [4.69, 9.17) is 11.6 Å². The van der Waals surface area contributed by atoms with Crippen molar-refractivity contribution in [3.8, 4) is 0 Å². The molecule has 2 atom stereocenters. The van der Waals surface area contributed by atoms with E-state index in [-0.39, 0.29) is 0 Å². The third kappa shape index (κ3) is 3.49. The van der Waals surface area contributed by atoms with Gasteiger partial charge in [-0.15, -0.1) is 0 Å². The van der Waals surface area contributed by atoms with E-state index in [1.54, 1.807) is 0 Å². The first-order valence-electron chi connectivity index (χ1n) is 7.35. The zero-order valence-electron chi connectivity index (χ0n) is 12.7. The summed E-state index contributed by atoms with van der Waals surface area (Å²) in [5.41, 5.74) is 1.25. The van der Waals surface area contributed by atoms with Crippen molar-refractivity contribution in [1.82, 2.24) is 5.32 Å². The molecular weight excluding hydrogens is 336 g/mol. The second-order valence-corrected chi connectivity index (χ2v) is 7.61. The normalized spacial score (nSPS) is 23.7. The lowest BCUT2D eigenvalue weighted by atomic mass is 9.93. The molecule has 0 aromatic heterocycles. The number of halogens is 2. The van der Waals surface area contributed by atoms with Gasteiger partial charge in [0, 0.05) is 34.7 Å². The molecule has 112 valence electrons. The highest BCUT2D eigenvalue weighted by Crippen LogP contribution is 2.33. The smallest absolute Gasteiger partial charge is 0.0515 e. The Labute approximate surface area is 136 Å². The maximum absolute atomic E-state index is 6.07. The lowest BCUT2D eigenvalue weighted by Crippen LogP contribution is -2.60. The highest BCUT2D eigenvalue weighted by Gasteiger charge is 2.32. The number of hydrogen-bond acceptors (Lipinski definition) is 2. The van der Waals surface area contributed by atoms with E-state index < -0.39 is 0 Å². The molecule has 1 aromatic rings. The average Bonchev–Trinajstić information content (AvgIpc) is 2.37. The van der Waals surface area contributed by atoms with Crippen LogP contribution < -0.4 is 10.2 Å². The molecule has 2 nitrogen and oxygen atoms in total. The molecule has 1 aliphatic heterocycles. The lowest BCUT2D eigenvalue weighted by Gasteiger charge is -2.45. The van der Waals surface area contributed by atoms with Crippen LogP contribution in [0.1, 0.15) is 27.7 Å². The number of anilines is 1. The molecule has 20 heavy (non-hydrogen) atoms. The molecule has 0 saturated carbocycles. The van der Waals surface area contributed by atoms with Crippen LogP contribution in [0.25, 0.3) is 0 Å². The van der Waals surface area contributed by atoms with Crippen LogP contribution in [0.5, 0.6) is 0 Å². The van der Waals surface area contributed by atoms with Gasteiger partial charge >= 0.3 is 0 Å². The third-order valence-corrected chi connectivity index (χ3v) is 5.05. The Morgan fingerprint density at radius 2 is 1.95 bits per heavy atom. The predicted octanol–water partition coefficient (Wildman–Crippen LogP) is 4.56. The Morgan fingerprint density at radius 1 is 1.25 bits per heavy atom. The minimum Gasteiger partial charge on any atom is -0.365 e. The van der Waals surface area contributed by atoms with Gasteiger partial charge in [-0.05, 0) is 46.0 Å². The zero-order chi connectivity index (χ0) is 14.9. The Morgan fingerprint density at radius 3 is 2.50 bits per heavy atom. The Kier molecular flexibility index (Phi) is 5.38. The monoisotopic (exact) mass is 358 g/mol. The molecule has 0 bridgehead atoms. The molecule has 1 aromatic carbocycles. The van der Waals surface area contributed by atoms with Crippen LogP contribution in [-0.4, -0.2) is 25.2 Å². The van der Waals surface area contributed by atoms with Gasteiger partial charge in [0.1, 0.15) is 0 Å². The molecule has 1 fully saturated rings. The zero-order valence-corrected chi connectivity index (χ0v) is 15.0. The summed E-state index contributed by atoms with van der Waals surface area (Å²) in [6.45, 7) is 11.2. The van der Waals surface area contributed by atoms with Crippen molar-refractivity contribution in [2.24, 2.45) is 11.8 Å². The Balaban J connectivity index is 2.31. The van der Waals surface area contributed by atoms with Crippen LogP contribution in [0.3, 0.4) is 0 Å². The average molecular weight is 360 g/mol. The number of rotatable bonds is 3. The van der Waals surface area contributed by atoms with Gasteiger partial charge in [-0.25, -0.2) is 0 Å². The fourth-order valence-corrected chi connectivity index (χ4v) is 3.74. The molecule has 1 N–H and O–H groups in total. The van der Waals surface area contributed by atoms with Crippen LogP contribution in [0.4, 0.5) is 5.69 Å². The molecule has 4 heteroatoms. The van der Waals surface area contributed by atoms with E-state index >= 15 is 0 Å². The highest BCUT2D eigenvalue weighted by molar-refractivity contribution is 9.10. The van der Waals surface area contributed by atoms with E-state index in [0.717, 1.165) is 22.6 Å². The predicted molar refractivity (Wildman–Crippen MR) is 91.8 cm³/mol. The molecular formula is C16H24BrClN2. The van der Waals surface area contributed by atoms with Gasteiger partial charge in [0.2, 0.25) is 0 Å². The molecule has 1 aliphatic rings. The number of piperazine rings is 1. The molecule has 2 unspecified atom stereocenters. The van der Waals surface area contributed by atoms with Crippen LogP contribution in [0, 0.1) is 11.8 Å². The van der Waals surface area contributed by atoms with Crippen molar-refractivity contribution in [3.05, 3.63) is 27.7 Å². The van der Waals surface area contributed by atoms with Gasteiger partial charge in [0.05, 0.1) is 5.69 Å². The summed E-state index contributed by atoms with van der Waals surface area (Å²) >= 11 is 9.74. The Hall–Kier alpha value is -0.250. The molecule has 0 amide bonds. The SMILES string of the molecule is CC(C)C1CN(c2ccc(Cl)cc2Br)C(C(C)C)CN1. The number of hydrogen-bond donors (Lipinski definition) is 1. The van der Waals surface area contributed by atoms with E-state index in [9.17, 15) is 0 Å². The van der Waals surface area contributed by atoms with E-state index in [1.165, 1.54) is 5.69 Å². The first kappa shape index (κ1) is 16.1. The van der Waals surface area contributed by atoms with Gasteiger partial charge in [-0.1, -0.05) is 39.3 Å². The first-order chi connectivity index (χ1) is 9.40. The van der Waals surface area contributed by atoms with Crippen LogP contribution in [-0.2, 0) is 0 Å². The third-order valence-electron chi connectivity index (χ3n) is 4.18. The largest absolute Gasteiger partial charge is 0.365 e. The number of nitrogens with zero attached hydrogens (tertiary/aromatic N) is 1. The fourth-order valence-electron chi connectivity index (χ4n) is 2.83. The molecule has 0 aliphatic carbocycles. The van der Waals surface area contributed by atoms with Crippen molar-refractivity contribution in [1.29, 1.82) is 0 Å². The van der Waals surface area contributed by atoms with Crippen molar-refractivity contribution < 1.29 is 0 Å². The van der Waals surface area contributed by atoms with Crippen LogP contribution in [0.2, 0.25) is 5.02 Å². The molecule has 1 saturated heterocycles. The summed E-state index contributed by atoms with van der Waals surface area (Å²) in [5.74, 6) is 1.25. The second-order valence-electron chi connectivity index (χ2n) is 6.32. The van der Waals surface area contributed by atoms with E-state index in [2.05, 4.69) is 59.9 Å². The van der Waals surface area contributed by atoms with Crippen molar-refractivity contribution in [2.75, 3.05) is 18.0 Å². The van der Waals surface area contributed by atoms with Gasteiger partial charge in [0.25, 0.3) is 0 Å². The summed E-state index contributed by atoms with van der Waals surface area (Å²) in [4.78, 5) is 2.53. The van der Waals surface area contributed by atoms with Crippen molar-refractivity contribution in [3.63, 3.8) is 0 Å². The number of benzene rings is 1. The molecule has 0 radical (unpaired) electrons. The summed E-state index contributed by atoms with van der Waals surface area (Å²) in [7, 11) is 0. The van der Waals surface area contributed by atoms with E-state index in [0.29, 0.717) is 23.9 Å². The molecule has 1 heterocycles. The van der Waals surface area contributed by atoms with Gasteiger partial charge < -0.3 is 10.2 Å². The summed E-state index contributed by atoms with van der Waals surface area (Å²) in [6, 6.07) is 7.14. The van der Waals surface area contributed by atoms with Gasteiger partial charge in [-0.3, -0.25) is 0 Å².